The number of aryl methyl sites for hydroxylation is 1. The predicted octanol–water partition coefficient (Wildman–Crippen LogP) is 3.74. The Morgan fingerprint density at radius 2 is 1.93 bits per heavy atom. The molecular weight excluding hydrogens is 559 g/mol. The third kappa shape index (κ3) is 6.03. The van der Waals surface area contributed by atoms with Crippen molar-refractivity contribution in [3.05, 3.63) is 57.6 Å². The number of alkyl halides is 6. The highest BCUT2D eigenvalue weighted by Gasteiger charge is 2.43. The summed E-state index contributed by atoms with van der Waals surface area (Å²) in [5.74, 6) is -4.67. The molecule has 2 N–H and O–H groups in total. The van der Waals surface area contributed by atoms with E-state index >= 15 is 4.39 Å². The van der Waals surface area contributed by atoms with Crippen LogP contribution in [0.25, 0.3) is 5.69 Å². The van der Waals surface area contributed by atoms with Gasteiger partial charge in [-0.15, -0.1) is 5.10 Å². The fraction of sp³-hybridized carbons (Fsp3) is 0.391. The number of carbonyl (C=O) groups excluding carboxylic acids is 1. The lowest BCUT2D eigenvalue weighted by molar-refractivity contribution is -0.210. The number of nitrogens with zero attached hydrogens (tertiary/aromatic N) is 4. The van der Waals surface area contributed by atoms with E-state index in [1.165, 1.54) is 26.3 Å². The maximum atomic E-state index is 15.3. The molecule has 0 saturated heterocycles. The number of anilines is 1. The Morgan fingerprint density at radius 3 is 2.48 bits per heavy atom. The van der Waals surface area contributed by atoms with Crippen molar-refractivity contribution in [3.63, 3.8) is 0 Å². The van der Waals surface area contributed by atoms with Crippen LogP contribution < -0.4 is 20.5 Å². The van der Waals surface area contributed by atoms with Crippen molar-refractivity contribution >= 4 is 11.6 Å². The molecule has 0 aliphatic heterocycles. The van der Waals surface area contributed by atoms with Gasteiger partial charge in [-0.2, -0.15) is 17.9 Å². The van der Waals surface area contributed by atoms with Crippen LogP contribution in [0.5, 0.6) is 11.6 Å². The summed E-state index contributed by atoms with van der Waals surface area (Å²) in [6.07, 6.45) is -13.0. The number of aliphatic hydroxyl groups is 1. The normalized spacial score (nSPS) is 13.3. The summed E-state index contributed by atoms with van der Waals surface area (Å²) in [7, 11) is 1.24. The van der Waals surface area contributed by atoms with Crippen molar-refractivity contribution in [2.75, 3.05) is 19.1 Å². The molecular formula is C23H22F7N5O5. The van der Waals surface area contributed by atoms with Gasteiger partial charge in [0.05, 0.1) is 12.7 Å². The Labute approximate surface area is 221 Å². The van der Waals surface area contributed by atoms with E-state index in [4.69, 9.17) is 9.47 Å². The van der Waals surface area contributed by atoms with Crippen molar-refractivity contribution in [2.24, 2.45) is 0 Å². The van der Waals surface area contributed by atoms with Crippen LogP contribution in [0.15, 0.2) is 29.2 Å². The molecule has 218 valence electrons. The second kappa shape index (κ2) is 11.9. The summed E-state index contributed by atoms with van der Waals surface area (Å²) in [5, 5.41) is 15.4. The number of benzene rings is 1. The van der Waals surface area contributed by atoms with Gasteiger partial charge in [-0.25, -0.2) is 27.3 Å². The summed E-state index contributed by atoms with van der Waals surface area (Å²) < 4.78 is 105. The van der Waals surface area contributed by atoms with Gasteiger partial charge in [0, 0.05) is 18.8 Å². The number of pyridine rings is 1. The highest BCUT2D eigenvalue weighted by molar-refractivity contribution is 6.07. The number of amides is 1. The van der Waals surface area contributed by atoms with Gasteiger partial charge in [-0.1, -0.05) is 0 Å². The lowest BCUT2D eigenvalue weighted by Gasteiger charge is -2.19. The number of methoxy groups -OCH3 is 1. The lowest BCUT2D eigenvalue weighted by Crippen LogP contribution is -2.29. The predicted molar refractivity (Wildman–Crippen MR) is 124 cm³/mol. The topological polar surface area (TPSA) is 120 Å². The number of halogens is 7. The molecule has 0 saturated carbocycles. The first-order valence-corrected chi connectivity index (χ1v) is 11.3. The second-order valence-corrected chi connectivity index (χ2v) is 8.15. The maximum absolute atomic E-state index is 15.3. The molecule has 0 radical (unpaired) electrons. The lowest BCUT2D eigenvalue weighted by atomic mass is 10.1. The fourth-order valence-electron chi connectivity index (χ4n) is 3.53. The maximum Gasteiger partial charge on any atom is 0.421 e. The SMILES string of the molecule is CCn1c([C@H](O)C(F)(F)F)nn(-c2cc(O[C@@H](CF)C(F)F)c(C(=O)Nc3c(C)ccnc3OC)cc2F)c1=O. The molecule has 17 heteroatoms. The first kappa shape index (κ1) is 30.4. The van der Waals surface area contributed by atoms with Crippen LogP contribution in [-0.4, -0.2) is 62.8 Å². The Hall–Kier alpha value is -4.15. The molecule has 10 nitrogen and oxygen atoms in total. The monoisotopic (exact) mass is 581 g/mol. The Balaban J connectivity index is 2.20. The smallest absolute Gasteiger partial charge is 0.421 e. The van der Waals surface area contributed by atoms with E-state index < -0.39 is 78.3 Å². The number of ether oxygens (including phenoxy) is 2. The fourth-order valence-corrected chi connectivity index (χ4v) is 3.53. The van der Waals surface area contributed by atoms with E-state index in [0.29, 0.717) is 22.3 Å². The van der Waals surface area contributed by atoms with Gasteiger partial charge in [-0.05, 0) is 31.5 Å². The summed E-state index contributed by atoms with van der Waals surface area (Å²) in [6, 6.07) is 2.45. The molecule has 0 bridgehead atoms. The van der Waals surface area contributed by atoms with Crippen molar-refractivity contribution in [2.45, 2.75) is 45.2 Å². The van der Waals surface area contributed by atoms with Gasteiger partial charge < -0.3 is 19.9 Å². The molecule has 2 heterocycles. The molecule has 0 fully saturated rings. The molecule has 0 spiro atoms. The van der Waals surface area contributed by atoms with Gasteiger partial charge in [-0.3, -0.25) is 9.36 Å². The molecule has 0 aliphatic carbocycles. The van der Waals surface area contributed by atoms with Crippen molar-refractivity contribution < 1.29 is 50.1 Å². The average Bonchev–Trinajstić information content (AvgIpc) is 3.22. The van der Waals surface area contributed by atoms with Gasteiger partial charge in [0.2, 0.25) is 12.0 Å². The van der Waals surface area contributed by atoms with Gasteiger partial charge >= 0.3 is 11.9 Å². The molecule has 2 atom stereocenters. The zero-order valence-corrected chi connectivity index (χ0v) is 21.0. The van der Waals surface area contributed by atoms with Crippen LogP contribution in [0.3, 0.4) is 0 Å². The van der Waals surface area contributed by atoms with Gasteiger partial charge in [0.25, 0.3) is 12.3 Å². The number of rotatable bonds is 10. The van der Waals surface area contributed by atoms with E-state index in [-0.39, 0.29) is 16.2 Å². The van der Waals surface area contributed by atoms with E-state index in [1.807, 2.05) is 0 Å². The van der Waals surface area contributed by atoms with Gasteiger partial charge in [0.1, 0.15) is 29.6 Å². The number of aliphatic hydroxyl groups excluding tert-OH is 1. The number of aromatic nitrogens is 4. The summed E-state index contributed by atoms with van der Waals surface area (Å²) >= 11 is 0. The zero-order chi connectivity index (χ0) is 29.9. The number of nitrogens with one attached hydrogen (secondary N) is 1. The third-order valence-electron chi connectivity index (χ3n) is 5.55. The molecule has 3 rings (SSSR count). The van der Waals surface area contributed by atoms with Crippen molar-refractivity contribution in [1.82, 2.24) is 19.3 Å². The van der Waals surface area contributed by atoms with E-state index in [0.717, 1.165) is 0 Å². The number of hydrogen-bond donors (Lipinski definition) is 2. The summed E-state index contributed by atoms with van der Waals surface area (Å²) in [6.45, 7) is 0.642. The Bertz CT molecular complexity index is 1440. The van der Waals surface area contributed by atoms with Crippen molar-refractivity contribution in [1.29, 1.82) is 0 Å². The van der Waals surface area contributed by atoms with Crippen LogP contribution >= 0.6 is 0 Å². The summed E-state index contributed by atoms with van der Waals surface area (Å²) in [4.78, 5) is 29.8. The Kier molecular flexibility index (Phi) is 9.07. The first-order chi connectivity index (χ1) is 18.7. The van der Waals surface area contributed by atoms with E-state index in [1.54, 1.807) is 6.92 Å². The van der Waals surface area contributed by atoms with Crippen LogP contribution in [0.2, 0.25) is 0 Å². The van der Waals surface area contributed by atoms with Gasteiger partial charge in [0.15, 0.2) is 11.9 Å². The second-order valence-electron chi connectivity index (χ2n) is 8.15. The minimum Gasteiger partial charge on any atom is -0.481 e. The molecule has 0 unspecified atom stereocenters. The molecule has 3 aromatic rings. The van der Waals surface area contributed by atoms with Crippen LogP contribution in [0.4, 0.5) is 36.4 Å². The number of hydrogen-bond acceptors (Lipinski definition) is 7. The van der Waals surface area contributed by atoms with E-state index in [2.05, 4.69) is 15.4 Å². The molecule has 40 heavy (non-hydrogen) atoms. The van der Waals surface area contributed by atoms with Crippen LogP contribution in [0, 0.1) is 12.7 Å². The minimum absolute atomic E-state index is 0.0185. The molecule has 1 aromatic carbocycles. The van der Waals surface area contributed by atoms with E-state index in [9.17, 15) is 41.0 Å². The highest BCUT2D eigenvalue weighted by atomic mass is 19.4. The largest absolute Gasteiger partial charge is 0.481 e. The average molecular weight is 581 g/mol. The van der Waals surface area contributed by atoms with Crippen molar-refractivity contribution in [3.8, 4) is 17.3 Å². The molecule has 1 amide bonds. The van der Waals surface area contributed by atoms with Crippen LogP contribution in [-0.2, 0) is 6.54 Å². The third-order valence-corrected chi connectivity index (χ3v) is 5.55. The minimum atomic E-state index is -5.24. The first-order valence-electron chi connectivity index (χ1n) is 11.3. The summed E-state index contributed by atoms with van der Waals surface area (Å²) in [5.41, 5.74) is -2.56. The molecule has 2 aromatic heterocycles. The van der Waals surface area contributed by atoms with Crippen LogP contribution in [0.1, 0.15) is 34.8 Å². The molecule has 0 aliphatic rings. The highest BCUT2D eigenvalue weighted by Crippen LogP contribution is 2.33. The number of carbonyl (C=O) groups is 1. The quantitative estimate of drug-likeness (QED) is 0.350. The Morgan fingerprint density at radius 1 is 1.25 bits per heavy atom. The zero-order valence-electron chi connectivity index (χ0n) is 21.0. The standard InChI is InChI=1S/C23H22F7N5O5/c1-4-34-19(17(36)23(28,29)30)33-35(22(34)38)13-8-14(40-15(9-24)18(26)27)11(7-12(13)25)20(37)32-16-10(2)5-6-31-21(16)39-3/h5-8,15,17-18,36H,4,9H2,1-3H3,(H,32,37)/t15-,17-/m0/s1.